The summed E-state index contributed by atoms with van der Waals surface area (Å²) in [6, 6.07) is -0.341. The molecule has 3 N–H and O–H groups in total. The zero-order valence-electron chi connectivity index (χ0n) is 16.2. The first-order chi connectivity index (χ1) is 12.9. The summed E-state index contributed by atoms with van der Waals surface area (Å²) in [5.41, 5.74) is -0.516. The molecule has 27 heavy (non-hydrogen) atoms. The van der Waals surface area contributed by atoms with Crippen LogP contribution < -0.4 is 10.6 Å². The highest BCUT2D eigenvalue weighted by atomic mass is 16.5. The Morgan fingerprint density at radius 2 is 2.07 bits per heavy atom. The van der Waals surface area contributed by atoms with Crippen LogP contribution in [0, 0.1) is 5.92 Å². The lowest BCUT2D eigenvalue weighted by molar-refractivity contribution is -0.147. The topological polar surface area (TPSA) is 105 Å². The monoisotopic (exact) mass is 380 g/mol. The van der Waals surface area contributed by atoms with Gasteiger partial charge in [-0.1, -0.05) is 25.0 Å². The Labute approximate surface area is 160 Å². The number of aliphatic hydroxyl groups is 1. The van der Waals surface area contributed by atoms with Crippen molar-refractivity contribution in [1.29, 1.82) is 0 Å². The van der Waals surface area contributed by atoms with Crippen molar-refractivity contribution in [2.75, 3.05) is 13.2 Å². The van der Waals surface area contributed by atoms with E-state index in [1.54, 1.807) is 6.92 Å². The van der Waals surface area contributed by atoms with Crippen molar-refractivity contribution in [2.24, 2.45) is 5.92 Å². The number of hydrogen-bond acceptors (Lipinski definition) is 5. The smallest absolute Gasteiger partial charge is 0.305 e. The number of rotatable bonds is 4. The molecule has 7 nitrogen and oxygen atoms in total. The number of carbonyl (C=O) groups excluding carboxylic acids is 3. The van der Waals surface area contributed by atoms with E-state index in [-0.39, 0.29) is 43.5 Å². The van der Waals surface area contributed by atoms with E-state index < -0.39 is 11.5 Å². The molecule has 0 aromatic rings. The summed E-state index contributed by atoms with van der Waals surface area (Å²) < 4.78 is 5.44. The molecule has 0 radical (unpaired) electrons. The van der Waals surface area contributed by atoms with Crippen LogP contribution in [0.1, 0.15) is 64.7 Å². The van der Waals surface area contributed by atoms with Crippen LogP contribution in [0.25, 0.3) is 0 Å². The molecule has 0 aromatic carbocycles. The molecule has 2 aliphatic rings. The minimum absolute atomic E-state index is 0.0659. The van der Waals surface area contributed by atoms with E-state index in [4.69, 9.17) is 9.84 Å². The second kappa shape index (κ2) is 10.4. The Morgan fingerprint density at radius 1 is 1.33 bits per heavy atom. The van der Waals surface area contributed by atoms with E-state index in [9.17, 15) is 14.4 Å². The van der Waals surface area contributed by atoms with Gasteiger partial charge in [-0.2, -0.15) is 0 Å². The first-order valence-electron chi connectivity index (χ1n) is 9.97. The van der Waals surface area contributed by atoms with Gasteiger partial charge < -0.3 is 20.5 Å². The first kappa shape index (κ1) is 21.4. The average Bonchev–Trinajstić information content (AvgIpc) is 3.09. The van der Waals surface area contributed by atoms with E-state index in [2.05, 4.69) is 10.6 Å². The second-order valence-corrected chi connectivity index (χ2v) is 7.79. The molecular weight excluding hydrogens is 348 g/mol. The van der Waals surface area contributed by atoms with Crippen LogP contribution in [0.3, 0.4) is 0 Å². The van der Waals surface area contributed by atoms with Crippen molar-refractivity contribution < 1.29 is 24.2 Å². The van der Waals surface area contributed by atoms with Crippen LogP contribution in [0.2, 0.25) is 0 Å². The predicted octanol–water partition coefficient (Wildman–Crippen LogP) is 1.59. The highest BCUT2D eigenvalue weighted by Crippen LogP contribution is 2.31. The molecule has 0 aromatic heterocycles. The molecule has 1 aliphatic carbocycles. The predicted molar refractivity (Wildman–Crippen MR) is 101 cm³/mol. The van der Waals surface area contributed by atoms with Gasteiger partial charge in [0.25, 0.3) is 0 Å². The van der Waals surface area contributed by atoms with Crippen LogP contribution in [0.5, 0.6) is 0 Å². The normalized spacial score (nSPS) is 24.9. The Bertz CT molecular complexity index is 555. The van der Waals surface area contributed by atoms with Crippen LogP contribution in [0.15, 0.2) is 12.2 Å². The lowest BCUT2D eigenvalue weighted by Gasteiger charge is -2.31. The highest BCUT2D eigenvalue weighted by Gasteiger charge is 2.38. The summed E-state index contributed by atoms with van der Waals surface area (Å²) in [4.78, 5) is 37.1. The van der Waals surface area contributed by atoms with Crippen LogP contribution >= 0.6 is 0 Å². The molecule has 0 saturated heterocycles. The van der Waals surface area contributed by atoms with Gasteiger partial charge >= 0.3 is 5.97 Å². The number of ether oxygens (including phenoxy) is 1. The number of allylic oxidation sites excluding steroid dienone is 2. The van der Waals surface area contributed by atoms with Gasteiger partial charge in [0, 0.05) is 18.9 Å². The minimum atomic E-state index is -0.516. The van der Waals surface area contributed by atoms with Crippen molar-refractivity contribution in [1.82, 2.24) is 10.6 Å². The first-order valence-corrected chi connectivity index (χ1v) is 9.97. The molecule has 2 amide bonds. The summed E-state index contributed by atoms with van der Waals surface area (Å²) in [7, 11) is 0. The second-order valence-electron chi connectivity index (χ2n) is 7.79. The Hall–Kier alpha value is -1.89. The van der Waals surface area contributed by atoms with E-state index in [0.717, 1.165) is 32.1 Å². The van der Waals surface area contributed by atoms with E-state index in [1.165, 1.54) is 0 Å². The summed E-state index contributed by atoms with van der Waals surface area (Å²) in [5.74, 6) is -1.14. The van der Waals surface area contributed by atoms with Gasteiger partial charge in [-0.05, 0) is 39.0 Å². The summed E-state index contributed by atoms with van der Waals surface area (Å²) in [6.45, 7) is 1.77. The molecular formula is C20H32N2O5. The molecule has 7 heteroatoms. The number of carbonyl (C=O) groups is 3. The quantitative estimate of drug-likeness (QED) is 0.507. The molecule has 1 spiro atoms. The van der Waals surface area contributed by atoms with Gasteiger partial charge in [0.05, 0.1) is 18.1 Å². The van der Waals surface area contributed by atoms with E-state index in [1.807, 2.05) is 12.2 Å². The molecule has 1 fully saturated rings. The van der Waals surface area contributed by atoms with Crippen LogP contribution in [0.4, 0.5) is 0 Å². The van der Waals surface area contributed by atoms with Crippen molar-refractivity contribution in [3.05, 3.63) is 12.2 Å². The molecule has 152 valence electrons. The van der Waals surface area contributed by atoms with Crippen molar-refractivity contribution in [3.63, 3.8) is 0 Å². The minimum Gasteiger partial charge on any atom is -0.463 e. The molecule has 0 unspecified atom stereocenters. The molecule has 1 heterocycles. The Balaban J connectivity index is 2.10. The Kier molecular flexibility index (Phi) is 8.28. The average molecular weight is 380 g/mol. The molecule has 2 rings (SSSR count). The van der Waals surface area contributed by atoms with Gasteiger partial charge in [-0.15, -0.1) is 0 Å². The number of cyclic esters (lactones) is 1. The van der Waals surface area contributed by atoms with Crippen LogP contribution in [-0.2, 0) is 19.1 Å². The maximum atomic E-state index is 12.9. The standard InChI is InChI=1S/C20H32N2O5/c1-15(13-23)21-17(24)12-16-8-4-2-3-5-9-18(25)27-14-20(22-19(16)26)10-6-7-11-20/h2,4,15-16,23H,3,5-14H2,1H3,(H,21,24)(H,22,26)/t15-,16+/m0/s1. The third kappa shape index (κ3) is 6.97. The third-order valence-corrected chi connectivity index (χ3v) is 5.28. The fraction of sp³-hybridized carbons (Fsp3) is 0.750. The highest BCUT2D eigenvalue weighted by molar-refractivity contribution is 5.86. The lowest BCUT2D eigenvalue weighted by atomic mass is 9.94. The van der Waals surface area contributed by atoms with Gasteiger partial charge in [-0.25, -0.2) is 0 Å². The maximum Gasteiger partial charge on any atom is 0.305 e. The third-order valence-electron chi connectivity index (χ3n) is 5.28. The van der Waals surface area contributed by atoms with Crippen molar-refractivity contribution in [2.45, 2.75) is 76.3 Å². The summed E-state index contributed by atoms with van der Waals surface area (Å²) >= 11 is 0. The number of amides is 2. The van der Waals surface area contributed by atoms with Gasteiger partial charge in [0.1, 0.15) is 6.61 Å². The molecule has 1 saturated carbocycles. The van der Waals surface area contributed by atoms with Gasteiger partial charge in [-0.3, -0.25) is 14.4 Å². The Morgan fingerprint density at radius 3 is 2.78 bits per heavy atom. The van der Waals surface area contributed by atoms with E-state index in [0.29, 0.717) is 19.3 Å². The number of aliphatic hydroxyl groups excluding tert-OH is 1. The molecule has 2 atom stereocenters. The maximum absolute atomic E-state index is 12.9. The van der Waals surface area contributed by atoms with Gasteiger partial charge in [0.15, 0.2) is 0 Å². The van der Waals surface area contributed by atoms with Crippen molar-refractivity contribution >= 4 is 17.8 Å². The lowest BCUT2D eigenvalue weighted by Crippen LogP contribution is -2.52. The number of nitrogens with one attached hydrogen (secondary N) is 2. The zero-order chi connectivity index (χ0) is 19.7. The largest absolute Gasteiger partial charge is 0.463 e. The number of hydrogen-bond donors (Lipinski definition) is 3. The molecule has 1 aliphatic heterocycles. The summed E-state index contributed by atoms with van der Waals surface area (Å²) in [6.07, 6.45) is 9.75. The van der Waals surface area contributed by atoms with Crippen LogP contribution in [-0.4, -0.2) is 47.7 Å². The number of esters is 1. The van der Waals surface area contributed by atoms with Crippen molar-refractivity contribution in [3.8, 4) is 0 Å². The summed E-state index contributed by atoms with van der Waals surface area (Å²) in [5, 5.41) is 14.9. The van der Waals surface area contributed by atoms with Gasteiger partial charge in [0.2, 0.25) is 11.8 Å². The SMILES string of the molecule is C[C@@H](CO)NC(=O)C[C@H]1CC=CCCCC(=O)OCC2(CCCC2)NC1=O. The van der Waals surface area contributed by atoms with E-state index >= 15 is 0 Å². The fourth-order valence-corrected chi connectivity index (χ4v) is 3.64. The zero-order valence-corrected chi connectivity index (χ0v) is 16.2. The fourth-order valence-electron chi connectivity index (χ4n) is 3.64. The molecule has 0 bridgehead atoms.